The maximum absolute atomic E-state index is 5.83. The van der Waals surface area contributed by atoms with E-state index in [-0.39, 0.29) is 0 Å². The van der Waals surface area contributed by atoms with Crippen LogP contribution in [-0.2, 0) is 11.3 Å². The van der Waals surface area contributed by atoms with Crippen LogP contribution < -0.4 is 5.32 Å². The number of aromatic nitrogens is 1. The normalized spacial score (nSPS) is 19.9. The molecule has 0 saturated carbocycles. The van der Waals surface area contributed by atoms with Gasteiger partial charge in [0, 0.05) is 26.3 Å². The third-order valence-corrected chi connectivity index (χ3v) is 4.17. The number of nitrogens with one attached hydrogen (secondary N) is 1. The minimum atomic E-state index is 0.374. The van der Waals surface area contributed by atoms with Gasteiger partial charge in [0.05, 0.1) is 6.20 Å². The number of ether oxygens (including phenoxy) is 1. The zero-order chi connectivity index (χ0) is 11.4. The van der Waals surface area contributed by atoms with Gasteiger partial charge in [-0.25, -0.2) is 4.98 Å². The van der Waals surface area contributed by atoms with Crippen molar-refractivity contribution in [3.05, 3.63) is 15.5 Å². The van der Waals surface area contributed by atoms with E-state index in [9.17, 15) is 0 Å². The van der Waals surface area contributed by atoms with Gasteiger partial charge in [-0.1, -0.05) is 18.5 Å². The third-order valence-electron chi connectivity index (χ3n) is 3.05. The van der Waals surface area contributed by atoms with E-state index in [2.05, 4.69) is 17.2 Å². The Morgan fingerprint density at radius 3 is 2.94 bits per heavy atom. The second kappa shape index (κ2) is 5.45. The maximum atomic E-state index is 5.83. The topological polar surface area (TPSA) is 34.2 Å². The minimum absolute atomic E-state index is 0.374. The second-order valence-corrected chi connectivity index (χ2v) is 6.33. The summed E-state index contributed by atoms with van der Waals surface area (Å²) < 4.78 is 6.14. The van der Waals surface area contributed by atoms with E-state index in [0.717, 1.165) is 48.5 Å². The van der Waals surface area contributed by atoms with Gasteiger partial charge in [0.25, 0.3) is 0 Å². The first-order chi connectivity index (χ1) is 7.68. The van der Waals surface area contributed by atoms with Crippen LogP contribution in [0.5, 0.6) is 0 Å². The lowest BCUT2D eigenvalue weighted by Crippen LogP contribution is -2.36. The van der Waals surface area contributed by atoms with Crippen molar-refractivity contribution in [2.45, 2.75) is 26.3 Å². The summed E-state index contributed by atoms with van der Waals surface area (Å²) in [5, 5.41) is 4.52. The Kier molecular flexibility index (Phi) is 4.19. The van der Waals surface area contributed by atoms with Crippen molar-refractivity contribution < 1.29 is 4.74 Å². The molecule has 2 heterocycles. The minimum Gasteiger partial charge on any atom is -0.381 e. The number of hydrogen-bond acceptors (Lipinski definition) is 4. The lowest BCUT2D eigenvalue weighted by Gasteiger charge is -2.33. The second-order valence-electron chi connectivity index (χ2n) is 4.58. The van der Waals surface area contributed by atoms with Crippen LogP contribution in [0, 0.1) is 5.41 Å². The van der Waals surface area contributed by atoms with Crippen LogP contribution in [0.15, 0.2) is 6.20 Å². The number of rotatable bonds is 4. The molecule has 1 fully saturated rings. The molecule has 0 aliphatic carbocycles. The zero-order valence-corrected chi connectivity index (χ0v) is 11.0. The van der Waals surface area contributed by atoms with Gasteiger partial charge in [0.2, 0.25) is 0 Å². The Morgan fingerprint density at radius 1 is 1.56 bits per heavy atom. The van der Waals surface area contributed by atoms with E-state index >= 15 is 0 Å². The lowest BCUT2D eigenvalue weighted by atomic mass is 9.82. The Labute approximate surface area is 105 Å². The molecule has 1 aromatic heterocycles. The molecule has 0 amide bonds. The van der Waals surface area contributed by atoms with Crippen molar-refractivity contribution in [2.24, 2.45) is 5.41 Å². The van der Waals surface area contributed by atoms with Gasteiger partial charge in [-0.3, -0.25) is 0 Å². The van der Waals surface area contributed by atoms with Gasteiger partial charge in [-0.2, -0.15) is 0 Å². The molecule has 1 saturated heterocycles. The number of nitrogens with zero attached hydrogens (tertiary/aromatic N) is 1. The highest BCUT2D eigenvalue weighted by atomic mass is 35.5. The summed E-state index contributed by atoms with van der Waals surface area (Å²) >= 11 is 7.37. The van der Waals surface area contributed by atoms with Gasteiger partial charge < -0.3 is 10.1 Å². The number of thiazole rings is 1. The van der Waals surface area contributed by atoms with Crippen LogP contribution in [-0.4, -0.2) is 24.7 Å². The molecule has 0 bridgehead atoms. The van der Waals surface area contributed by atoms with E-state index in [0.29, 0.717) is 5.41 Å². The monoisotopic (exact) mass is 260 g/mol. The summed E-state index contributed by atoms with van der Waals surface area (Å²) in [6.07, 6.45) is 3.98. The summed E-state index contributed by atoms with van der Waals surface area (Å²) in [5.41, 5.74) is 0.374. The SMILES string of the molecule is CC1(CNCc2ncc(Cl)s2)CCOCC1. The van der Waals surface area contributed by atoms with Gasteiger partial charge in [-0.05, 0) is 18.3 Å². The number of hydrogen-bond donors (Lipinski definition) is 1. The number of halogens is 1. The average molecular weight is 261 g/mol. The predicted molar refractivity (Wildman–Crippen MR) is 67.0 cm³/mol. The zero-order valence-electron chi connectivity index (χ0n) is 9.46. The van der Waals surface area contributed by atoms with Crippen LogP contribution >= 0.6 is 22.9 Å². The first-order valence-electron chi connectivity index (χ1n) is 5.57. The highest BCUT2D eigenvalue weighted by Gasteiger charge is 2.26. The van der Waals surface area contributed by atoms with Gasteiger partial charge in [0.1, 0.15) is 9.34 Å². The molecule has 0 atom stereocenters. The molecule has 0 unspecified atom stereocenters. The Bertz CT molecular complexity index is 336. The molecule has 1 aromatic rings. The fourth-order valence-corrected chi connectivity index (χ4v) is 2.81. The molecule has 0 aromatic carbocycles. The van der Waals surface area contributed by atoms with E-state index < -0.39 is 0 Å². The summed E-state index contributed by atoms with van der Waals surface area (Å²) in [7, 11) is 0. The molecule has 5 heteroatoms. The molecule has 3 nitrogen and oxygen atoms in total. The first kappa shape index (κ1) is 12.3. The summed E-state index contributed by atoms with van der Waals surface area (Å²) in [5.74, 6) is 0. The van der Waals surface area contributed by atoms with Crippen molar-refractivity contribution in [1.82, 2.24) is 10.3 Å². The molecule has 1 N–H and O–H groups in total. The molecular weight excluding hydrogens is 244 g/mol. The summed E-state index contributed by atoms with van der Waals surface area (Å²) in [6.45, 7) is 5.93. The highest BCUT2D eigenvalue weighted by Crippen LogP contribution is 2.28. The molecule has 1 aliphatic rings. The van der Waals surface area contributed by atoms with E-state index in [1.54, 1.807) is 17.5 Å². The van der Waals surface area contributed by atoms with Crippen LogP contribution in [0.1, 0.15) is 24.8 Å². The Hall–Kier alpha value is -0.160. The van der Waals surface area contributed by atoms with Crippen LogP contribution in [0.3, 0.4) is 0 Å². The molecule has 90 valence electrons. The standard InChI is InChI=1S/C11H17ClN2OS/c1-11(2-4-15-5-3-11)8-13-7-10-14-6-9(12)16-10/h6,13H,2-5,7-8H2,1H3. The van der Waals surface area contributed by atoms with Crippen molar-refractivity contribution in [2.75, 3.05) is 19.8 Å². The van der Waals surface area contributed by atoms with Gasteiger partial charge in [0.15, 0.2) is 0 Å². The highest BCUT2D eigenvalue weighted by molar-refractivity contribution is 7.15. The third kappa shape index (κ3) is 3.42. The van der Waals surface area contributed by atoms with Crippen molar-refractivity contribution in [3.8, 4) is 0 Å². The largest absolute Gasteiger partial charge is 0.381 e. The van der Waals surface area contributed by atoms with Crippen molar-refractivity contribution in [1.29, 1.82) is 0 Å². The average Bonchev–Trinajstić information content (AvgIpc) is 2.65. The Balaban J connectivity index is 1.74. The lowest BCUT2D eigenvalue weighted by molar-refractivity contribution is 0.0240. The van der Waals surface area contributed by atoms with E-state index in [1.165, 1.54) is 0 Å². The summed E-state index contributed by atoms with van der Waals surface area (Å²) in [6, 6.07) is 0. The van der Waals surface area contributed by atoms with Crippen molar-refractivity contribution in [3.63, 3.8) is 0 Å². The molecule has 0 spiro atoms. The fourth-order valence-electron chi connectivity index (χ4n) is 1.88. The van der Waals surface area contributed by atoms with Gasteiger partial charge >= 0.3 is 0 Å². The van der Waals surface area contributed by atoms with Crippen LogP contribution in [0.2, 0.25) is 4.34 Å². The molecule has 1 aliphatic heterocycles. The smallest absolute Gasteiger partial charge is 0.113 e. The molecular formula is C11H17ClN2OS. The molecule has 2 rings (SSSR count). The summed E-state index contributed by atoms with van der Waals surface area (Å²) in [4.78, 5) is 4.22. The Morgan fingerprint density at radius 2 is 2.31 bits per heavy atom. The van der Waals surface area contributed by atoms with Crippen LogP contribution in [0.4, 0.5) is 0 Å². The first-order valence-corrected chi connectivity index (χ1v) is 6.76. The van der Waals surface area contributed by atoms with Crippen molar-refractivity contribution >= 4 is 22.9 Å². The molecule has 0 radical (unpaired) electrons. The van der Waals surface area contributed by atoms with Crippen LogP contribution in [0.25, 0.3) is 0 Å². The maximum Gasteiger partial charge on any atom is 0.113 e. The van der Waals surface area contributed by atoms with Gasteiger partial charge in [-0.15, -0.1) is 11.3 Å². The van der Waals surface area contributed by atoms with E-state index in [1.807, 2.05) is 0 Å². The predicted octanol–water partition coefficient (Wildman–Crippen LogP) is 2.70. The quantitative estimate of drug-likeness (QED) is 0.904. The fraction of sp³-hybridized carbons (Fsp3) is 0.727. The van der Waals surface area contributed by atoms with E-state index in [4.69, 9.17) is 16.3 Å². The molecule has 16 heavy (non-hydrogen) atoms.